The number of primary amides is 1. The molecule has 14 heteroatoms. The lowest BCUT2D eigenvalue weighted by Gasteiger charge is -2.27. The summed E-state index contributed by atoms with van der Waals surface area (Å²) in [5.41, 5.74) is 13.1. The van der Waals surface area contributed by atoms with Gasteiger partial charge in [-0.3, -0.25) is 19.1 Å². The molecule has 12 nitrogen and oxygen atoms in total. The molecule has 43 heavy (non-hydrogen) atoms. The van der Waals surface area contributed by atoms with E-state index in [1.165, 1.54) is 4.68 Å². The fourth-order valence-corrected chi connectivity index (χ4v) is 5.92. The first-order valence-electron chi connectivity index (χ1n) is 13.3. The number of halogens is 2. The molecule has 1 aliphatic carbocycles. The van der Waals surface area contributed by atoms with Gasteiger partial charge in [0, 0.05) is 29.0 Å². The summed E-state index contributed by atoms with van der Waals surface area (Å²) >= 11 is 3.32. The second kappa shape index (κ2) is 10.8. The summed E-state index contributed by atoms with van der Waals surface area (Å²) in [6.07, 6.45) is 3.17. The van der Waals surface area contributed by atoms with Crippen molar-refractivity contribution in [1.82, 2.24) is 29.6 Å². The summed E-state index contributed by atoms with van der Waals surface area (Å²) in [6, 6.07) is 7.67. The van der Waals surface area contributed by atoms with E-state index < -0.39 is 17.8 Å². The van der Waals surface area contributed by atoms with Crippen LogP contribution in [-0.4, -0.2) is 66.0 Å². The maximum Gasteiger partial charge on any atom is 0.269 e. The molecule has 3 aromatic heterocycles. The number of amides is 3. The minimum Gasteiger partial charge on any atom is -0.364 e. The summed E-state index contributed by atoms with van der Waals surface area (Å²) in [5.74, 6) is 4.11. The van der Waals surface area contributed by atoms with E-state index in [-0.39, 0.29) is 41.3 Å². The predicted octanol–water partition coefficient (Wildman–Crippen LogP) is 1.89. The van der Waals surface area contributed by atoms with Crippen LogP contribution in [0.1, 0.15) is 40.3 Å². The Morgan fingerprint density at radius 1 is 1.16 bits per heavy atom. The van der Waals surface area contributed by atoms with Gasteiger partial charge in [0.2, 0.25) is 17.6 Å². The van der Waals surface area contributed by atoms with E-state index in [0.29, 0.717) is 46.3 Å². The van der Waals surface area contributed by atoms with Crippen LogP contribution < -0.4 is 16.8 Å². The molecule has 2 fully saturated rings. The molecule has 218 valence electrons. The number of carbonyl (C=O) groups excluding carboxylic acids is 3. The van der Waals surface area contributed by atoms with Gasteiger partial charge < -0.3 is 21.7 Å². The smallest absolute Gasteiger partial charge is 0.269 e. The number of piperidine rings is 1. The second-order valence-corrected chi connectivity index (χ2v) is 11.5. The first-order valence-corrected chi connectivity index (χ1v) is 14.1. The summed E-state index contributed by atoms with van der Waals surface area (Å²) < 4.78 is 15.1. The highest BCUT2D eigenvalue weighted by atomic mass is 79.9. The molecule has 1 saturated carbocycles. The lowest BCUT2D eigenvalue weighted by Crippen LogP contribution is -2.47. The monoisotopic (exact) mass is 645 g/mol. The zero-order chi connectivity index (χ0) is 30.5. The number of nitrogens with zero attached hydrogens (tertiary/aromatic N) is 6. The minimum atomic E-state index is -0.775. The number of carbonyl (C=O) groups is 3. The van der Waals surface area contributed by atoms with Crippen molar-refractivity contribution in [3.05, 3.63) is 75.8 Å². The highest BCUT2D eigenvalue weighted by Crippen LogP contribution is 2.59. The SMILES string of the molecule is Cc1ccc(Br)nc1NC(=O)[C@@H]1C[C@@]2(CN)C[C@H]2N1C(=O)Cn1nc(C(N)=O)c2cc(C#Cc3ncc(F)cn3)ccc21. The zero-order valence-corrected chi connectivity index (χ0v) is 24.4. The number of aryl methyl sites for hydroxylation is 1. The Labute approximate surface area is 253 Å². The van der Waals surface area contributed by atoms with E-state index >= 15 is 0 Å². The van der Waals surface area contributed by atoms with Crippen LogP contribution in [0.3, 0.4) is 0 Å². The van der Waals surface area contributed by atoms with Crippen molar-refractivity contribution in [3.63, 3.8) is 0 Å². The number of pyridine rings is 1. The molecule has 0 radical (unpaired) electrons. The summed E-state index contributed by atoms with van der Waals surface area (Å²) in [6.45, 7) is 1.95. The largest absolute Gasteiger partial charge is 0.364 e. The first-order chi connectivity index (χ1) is 20.6. The van der Waals surface area contributed by atoms with Crippen molar-refractivity contribution in [2.24, 2.45) is 16.9 Å². The molecule has 3 atom stereocenters. The predicted molar refractivity (Wildman–Crippen MR) is 157 cm³/mol. The van der Waals surface area contributed by atoms with E-state index in [4.69, 9.17) is 11.5 Å². The molecule has 4 heterocycles. The molecule has 3 amide bonds. The highest BCUT2D eigenvalue weighted by Gasteiger charge is 2.66. The third-order valence-electron chi connectivity index (χ3n) is 7.93. The molecule has 0 unspecified atom stereocenters. The third kappa shape index (κ3) is 5.33. The van der Waals surface area contributed by atoms with Gasteiger partial charge in [0.05, 0.1) is 17.9 Å². The Morgan fingerprint density at radius 2 is 1.93 bits per heavy atom. The molecule has 1 aromatic carbocycles. The van der Waals surface area contributed by atoms with Crippen molar-refractivity contribution in [3.8, 4) is 11.8 Å². The van der Waals surface area contributed by atoms with Crippen molar-refractivity contribution in [1.29, 1.82) is 0 Å². The number of fused-ring (bicyclic) bond motifs is 2. The lowest BCUT2D eigenvalue weighted by molar-refractivity contribution is -0.138. The second-order valence-electron chi connectivity index (χ2n) is 10.7. The average molecular weight is 646 g/mol. The van der Waals surface area contributed by atoms with Gasteiger partial charge in [-0.15, -0.1) is 0 Å². The summed E-state index contributed by atoms with van der Waals surface area (Å²) in [5, 5.41) is 7.62. The zero-order valence-electron chi connectivity index (χ0n) is 22.8. The third-order valence-corrected chi connectivity index (χ3v) is 8.37. The number of likely N-dealkylation sites (tertiary alicyclic amines) is 1. The van der Waals surface area contributed by atoms with Gasteiger partial charge in [-0.05, 0) is 71.4 Å². The van der Waals surface area contributed by atoms with Crippen LogP contribution in [0, 0.1) is 30.0 Å². The van der Waals surface area contributed by atoms with Gasteiger partial charge in [-0.1, -0.05) is 12.0 Å². The summed E-state index contributed by atoms with van der Waals surface area (Å²) in [4.78, 5) is 53.1. The van der Waals surface area contributed by atoms with E-state index in [0.717, 1.165) is 18.0 Å². The lowest BCUT2D eigenvalue weighted by atomic mass is 9.99. The quantitative estimate of drug-likeness (QED) is 0.210. The topological polar surface area (TPSA) is 175 Å². The van der Waals surface area contributed by atoms with Gasteiger partial charge >= 0.3 is 0 Å². The molecule has 2 aliphatic rings. The first kappa shape index (κ1) is 28.4. The van der Waals surface area contributed by atoms with Crippen LogP contribution in [0.25, 0.3) is 10.9 Å². The Morgan fingerprint density at radius 3 is 2.65 bits per heavy atom. The fourth-order valence-electron chi connectivity index (χ4n) is 5.61. The van der Waals surface area contributed by atoms with Crippen LogP contribution in [-0.2, 0) is 16.1 Å². The number of anilines is 1. The molecule has 1 saturated heterocycles. The Bertz CT molecular complexity index is 1870. The molecular formula is C29H25BrFN9O3. The van der Waals surface area contributed by atoms with Gasteiger partial charge in [0.25, 0.3) is 5.91 Å². The van der Waals surface area contributed by atoms with Crippen LogP contribution in [0.4, 0.5) is 10.2 Å². The standard InChI is InChI=1S/C29H25BrFN9O3/c1-15-2-6-22(30)36-27(15)37-28(43)20-9-29(14-32)10-21(29)40(20)24(41)13-39-19-5-3-16(8-18(19)25(38-39)26(33)42)4-7-23-34-11-17(31)12-35-23/h2-3,5-6,8,11-12,20-21H,9-10,13-14,32H2,1H3,(H2,33,42)(H,36,37,43)/t20-,21+,29-/m0/s1. The molecule has 6 rings (SSSR count). The molecular weight excluding hydrogens is 621 g/mol. The van der Waals surface area contributed by atoms with Gasteiger partial charge in [-0.25, -0.2) is 19.3 Å². The highest BCUT2D eigenvalue weighted by molar-refractivity contribution is 9.10. The van der Waals surface area contributed by atoms with Crippen LogP contribution in [0.2, 0.25) is 0 Å². The normalized spacial score (nSPS) is 20.3. The van der Waals surface area contributed by atoms with Crippen molar-refractivity contribution in [2.45, 2.75) is 38.4 Å². The molecule has 0 spiro atoms. The fraction of sp³-hybridized carbons (Fsp3) is 0.276. The van der Waals surface area contributed by atoms with Crippen molar-refractivity contribution >= 4 is 50.4 Å². The van der Waals surface area contributed by atoms with Gasteiger partial charge in [0.1, 0.15) is 23.0 Å². The molecule has 4 aromatic rings. The minimum absolute atomic E-state index is 0.0286. The van der Waals surface area contributed by atoms with Crippen LogP contribution in [0.15, 0.2) is 47.3 Å². The number of nitrogens with two attached hydrogens (primary N) is 2. The van der Waals surface area contributed by atoms with Crippen LogP contribution >= 0.6 is 15.9 Å². The van der Waals surface area contributed by atoms with E-state index in [1.54, 1.807) is 29.2 Å². The van der Waals surface area contributed by atoms with E-state index in [2.05, 4.69) is 53.1 Å². The Kier molecular flexibility index (Phi) is 7.15. The van der Waals surface area contributed by atoms with Crippen LogP contribution in [0.5, 0.6) is 0 Å². The van der Waals surface area contributed by atoms with E-state index in [9.17, 15) is 18.8 Å². The maximum atomic E-state index is 13.8. The Balaban J connectivity index is 1.27. The maximum absolute atomic E-state index is 13.8. The van der Waals surface area contributed by atoms with Gasteiger partial charge in [-0.2, -0.15) is 5.10 Å². The number of aromatic nitrogens is 5. The number of hydrogen-bond donors (Lipinski definition) is 3. The number of rotatable bonds is 6. The average Bonchev–Trinajstić information content (AvgIpc) is 3.42. The van der Waals surface area contributed by atoms with Gasteiger partial charge in [0.15, 0.2) is 11.5 Å². The number of nitrogens with one attached hydrogen (secondary N) is 1. The molecule has 1 aliphatic heterocycles. The van der Waals surface area contributed by atoms with E-state index in [1.807, 2.05) is 13.0 Å². The Hall–Kier alpha value is -4.74. The number of benzene rings is 1. The summed E-state index contributed by atoms with van der Waals surface area (Å²) in [7, 11) is 0. The van der Waals surface area contributed by atoms with Crippen molar-refractivity contribution < 1.29 is 18.8 Å². The number of hydrogen-bond acceptors (Lipinski definition) is 8. The van der Waals surface area contributed by atoms with Crippen molar-refractivity contribution in [2.75, 3.05) is 11.9 Å². The molecule has 0 bridgehead atoms. The molecule has 5 N–H and O–H groups in total.